The summed E-state index contributed by atoms with van der Waals surface area (Å²) in [4.78, 5) is 12.6. The molecule has 1 aliphatic carbocycles. The highest BCUT2D eigenvalue weighted by molar-refractivity contribution is 6.00. The topological polar surface area (TPSA) is 41.1 Å². The minimum absolute atomic E-state index is 0.0661. The first-order chi connectivity index (χ1) is 10.1. The molecule has 2 N–H and O–H groups in total. The van der Waals surface area contributed by atoms with E-state index in [9.17, 15) is 4.79 Å². The van der Waals surface area contributed by atoms with Gasteiger partial charge >= 0.3 is 0 Å². The van der Waals surface area contributed by atoms with E-state index in [0.717, 1.165) is 48.5 Å². The van der Waals surface area contributed by atoms with Gasteiger partial charge in [0.1, 0.15) is 0 Å². The van der Waals surface area contributed by atoms with Crippen LogP contribution in [-0.2, 0) is 0 Å². The summed E-state index contributed by atoms with van der Waals surface area (Å²) in [6, 6.07) is 6.39. The van der Waals surface area contributed by atoms with Gasteiger partial charge in [0.25, 0.3) is 5.91 Å². The van der Waals surface area contributed by atoms with Gasteiger partial charge in [-0.05, 0) is 44.2 Å². The predicted molar refractivity (Wildman–Crippen MR) is 88.8 cm³/mol. The number of hydrogen-bond acceptors (Lipinski definition) is 2. The molecule has 1 fully saturated rings. The van der Waals surface area contributed by atoms with Gasteiger partial charge in [-0.3, -0.25) is 4.79 Å². The van der Waals surface area contributed by atoms with E-state index in [2.05, 4.69) is 30.5 Å². The van der Waals surface area contributed by atoms with Crippen LogP contribution < -0.4 is 10.6 Å². The van der Waals surface area contributed by atoms with E-state index in [0.29, 0.717) is 6.04 Å². The Hall–Kier alpha value is -1.51. The van der Waals surface area contributed by atoms with Crippen LogP contribution in [0.2, 0.25) is 0 Å². The standard InChI is InChI=1S/C18H28N2O/c1-4-10-19-17-9-8-14(3)12-16(17)18(21)20-15-7-5-6-13(2)11-15/h8-9,12-13,15,19H,4-7,10-11H2,1-3H3,(H,20,21). The van der Waals surface area contributed by atoms with E-state index in [-0.39, 0.29) is 5.91 Å². The number of benzene rings is 1. The zero-order valence-corrected chi connectivity index (χ0v) is 13.5. The van der Waals surface area contributed by atoms with Crippen LogP contribution in [0, 0.1) is 12.8 Å². The lowest BCUT2D eigenvalue weighted by Crippen LogP contribution is -2.38. The highest BCUT2D eigenvalue weighted by Gasteiger charge is 2.22. The second-order valence-electron chi connectivity index (χ2n) is 6.42. The smallest absolute Gasteiger partial charge is 0.253 e. The lowest BCUT2D eigenvalue weighted by Gasteiger charge is -2.27. The van der Waals surface area contributed by atoms with Crippen molar-refractivity contribution in [2.75, 3.05) is 11.9 Å². The van der Waals surface area contributed by atoms with Crippen LogP contribution in [0.4, 0.5) is 5.69 Å². The minimum Gasteiger partial charge on any atom is -0.384 e. The van der Waals surface area contributed by atoms with Crippen LogP contribution in [-0.4, -0.2) is 18.5 Å². The molecule has 0 spiro atoms. The van der Waals surface area contributed by atoms with Crippen molar-refractivity contribution in [1.82, 2.24) is 5.32 Å². The Morgan fingerprint density at radius 1 is 1.33 bits per heavy atom. The zero-order chi connectivity index (χ0) is 15.2. The normalized spacial score (nSPS) is 21.9. The number of carbonyl (C=O) groups is 1. The number of nitrogens with one attached hydrogen (secondary N) is 2. The highest BCUT2D eigenvalue weighted by Crippen LogP contribution is 2.24. The van der Waals surface area contributed by atoms with Gasteiger partial charge in [-0.15, -0.1) is 0 Å². The van der Waals surface area contributed by atoms with Crippen molar-refractivity contribution >= 4 is 11.6 Å². The van der Waals surface area contributed by atoms with Gasteiger partial charge in [-0.1, -0.05) is 38.3 Å². The molecule has 1 aromatic carbocycles. The molecule has 3 nitrogen and oxygen atoms in total. The van der Waals surface area contributed by atoms with Crippen molar-refractivity contribution in [3.63, 3.8) is 0 Å². The van der Waals surface area contributed by atoms with Crippen molar-refractivity contribution in [3.8, 4) is 0 Å². The van der Waals surface area contributed by atoms with Gasteiger partial charge in [0, 0.05) is 18.3 Å². The molecule has 3 heteroatoms. The van der Waals surface area contributed by atoms with Gasteiger partial charge in [0.2, 0.25) is 0 Å². The summed E-state index contributed by atoms with van der Waals surface area (Å²) in [6.07, 6.45) is 5.78. The van der Waals surface area contributed by atoms with E-state index < -0.39 is 0 Å². The number of carbonyl (C=O) groups excluding carboxylic acids is 1. The predicted octanol–water partition coefficient (Wildman–Crippen LogP) is 4.13. The molecule has 0 radical (unpaired) electrons. The molecule has 1 aliphatic rings. The monoisotopic (exact) mass is 288 g/mol. The lowest BCUT2D eigenvalue weighted by molar-refractivity contribution is 0.0922. The number of amides is 1. The Balaban J connectivity index is 2.08. The maximum Gasteiger partial charge on any atom is 0.253 e. The Labute approximate surface area is 128 Å². The summed E-state index contributed by atoms with van der Waals surface area (Å²) in [6.45, 7) is 7.33. The van der Waals surface area contributed by atoms with Crippen LogP contribution in [0.5, 0.6) is 0 Å². The molecule has 0 aromatic heterocycles. The molecule has 1 saturated carbocycles. The third kappa shape index (κ3) is 4.48. The largest absolute Gasteiger partial charge is 0.384 e. The molecule has 0 heterocycles. The minimum atomic E-state index is 0.0661. The first-order valence-corrected chi connectivity index (χ1v) is 8.25. The van der Waals surface area contributed by atoms with Gasteiger partial charge in [0.05, 0.1) is 5.56 Å². The molecule has 0 aliphatic heterocycles. The van der Waals surface area contributed by atoms with E-state index in [4.69, 9.17) is 0 Å². The molecule has 2 unspecified atom stereocenters. The molecule has 0 bridgehead atoms. The summed E-state index contributed by atoms with van der Waals surface area (Å²) in [5.41, 5.74) is 2.85. The first-order valence-electron chi connectivity index (χ1n) is 8.25. The second kappa shape index (κ2) is 7.48. The zero-order valence-electron chi connectivity index (χ0n) is 13.5. The quantitative estimate of drug-likeness (QED) is 0.855. The van der Waals surface area contributed by atoms with Crippen LogP contribution >= 0.6 is 0 Å². The molecule has 0 saturated heterocycles. The summed E-state index contributed by atoms with van der Waals surface area (Å²) >= 11 is 0. The third-order valence-electron chi connectivity index (χ3n) is 4.26. The van der Waals surface area contributed by atoms with Crippen molar-refractivity contribution in [1.29, 1.82) is 0 Å². The fourth-order valence-electron chi connectivity index (χ4n) is 3.09. The maximum atomic E-state index is 12.6. The molecule has 116 valence electrons. The van der Waals surface area contributed by atoms with E-state index in [1.54, 1.807) is 0 Å². The first kappa shape index (κ1) is 15.9. The average molecular weight is 288 g/mol. The molecule has 2 atom stereocenters. The number of rotatable bonds is 5. The number of hydrogen-bond donors (Lipinski definition) is 2. The Kier molecular flexibility index (Phi) is 5.66. The van der Waals surface area contributed by atoms with E-state index >= 15 is 0 Å². The fourth-order valence-corrected chi connectivity index (χ4v) is 3.09. The number of aryl methyl sites for hydroxylation is 1. The Morgan fingerprint density at radius 2 is 2.14 bits per heavy atom. The second-order valence-corrected chi connectivity index (χ2v) is 6.42. The van der Waals surface area contributed by atoms with Gasteiger partial charge in [-0.2, -0.15) is 0 Å². The van der Waals surface area contributed by atoms with Crippen molar-refractivity contribution in [2.45, 2.75) is 58.9 Å². The summed E-state index contributed by atoms with van der Waals surface area (Å²) in [5.74, 6) is 0.788. The van der Waals surface area contributed by atoms with E-state index in [1.807, 2.05) is 19.1 Å². The summed E-state index contributed by atoms with van der Waals surface area (Å²) in [5, 5.41) is 6.59. The van der Waals surface area contributed by atoms with Crippen LogP contribution in [0.3, 0.4) is 0 Å². The number of anilines is 1. The Bertz CT molecular complexity index is 484. The SMILES string of the molecule is CCCNc1ccc(C)cc1C(=O)NC1CCCC(C)C1. The maximum absolute atomic E-state index is 12.6. The molecule has 21 heavy (non-hydrogen) atoms. The molecule has 1 amide bonds. The molecular formula is C18H28N2O. The lowest BCUT2D eigenvalue weighted by atomic mass is 9.87. The molecule has 2 rings (SSSR count). The Morgan fingerprint density at radius 3 is 2.86 bits per heavy atom. The van der Waals surface area contributed by atoms with Gasteiger partial charge in [0.15, 0.2) is 0 Å². The van der Waals surface area contributed by atoms with Gasteiger partial charge in [-0.25, -0.2) is 0 Å². The molecular weight excluding hydrogens is 260 g/mol. The van der Waals surface area contributed by atoms with Crippen LogP contribution in [0.25, 0.3) is 0 Å². The summed E-state index contributed by atoms with van der Waals surface area (Å²) < 4.78 is 0. The third-order valence-corrected chi connectivity index (χ3v) is 4.26. The summed E-state index contributed by atoms with van der Waals surface area (Å²) in [7, 11) is 0. The fraction of sp³-hybridized carbons (Fsp3) is 0.611. The van der Waals surface area contributed by atoms with Crippen molar-refractivity contribution < 1.29 is 4.79 Å². The highest BCUT2D eigenvalue weighted by atomic mass is 16.1. The van der Waals surface area contributed by atoms with Gasteiger partial charge < -0.3 is 10.6 Å². The van der Waals surface area contributed by atoms with Crippen molar-refractivity contribution in [3.05, 3.63) is 29.3 Å². The van der Waals surface area contributed by atoms with Crippen molar-refractivity contribution in [2.24, 2.45) is 5.92 Å². The van der Waals surface area contributed by atoms with Crippen LogP contribution in [0.1, 0.15) is 61.9 Å². The van der Waals surface area contributed by atoms with E-state index in [1.165, 1.54) is 12.8 Å². The van der Waals surface area contributed by atoms with Crippen LogP contribution in [0.15, 0.2) is 18.2 Å². The molecule has 1 aromatic rings. The average Bonchev–Trinajstić information content (AvgIpc) is 2.46.